The van der Waals surface area contributed by atoms with Gasteiger partial charge >= 0.3 is 5.97 Å². The molecule has 0 radical (unpaired) electrons. The molecule has 0 spiro atoms. The number of rotatable bonds is 5. The zero-order chi connectivity index (χ0) is 15.7. The minimum Gasteiger partial charge on any atom is -0.462 e. The first-order chi connectivity index (χ1) is 10.6. The maximum atomic E-state index is 12.7. The molecule has 1 aliphatic rings. The smallest absolute Gasteiger partial charge is 0.329 e. The van der Waals surface area contributed by atoms with E-state index in [-0.39, 0.29) is 12.2 Å². The lowest BCUT2D eigenvalue weighted by Crippen LogP contribution is -2.30. The third kappa shape index (κ3) is 2.55. The lowest BCUT2D eigenvalue weighted by molar-refractivity contribution is -0.148. The van der Waals surface area contributed by atoms with Crippen molar-refractivity contribution in [2.45, 2.75) is 32.2 Å². The molecule has 0 aromatic carbocycles. The molecule has 6 nitrogen and oxygen atoms in total. The number of ether oxygens (including phenoxy) is 2. The van der Waals surface area contributed by atoms with Crippen LogP contribution in [0.3, 0.4) is 0 Å². The van der Waals surface area contributed by atoms with Crippen LogP contribution < -0.4 is 5.56 Å². The summed E-state index contributed by atoms with van der Waals surface area (Å²) >= 11 is 1.59. The van der Waals surface area contributed by atoms with E-state index in [4.69, 9.17) is 9.47 Å². The maximum Gasteiger partial charge on any atom is 0.329 e. The minimum absolute atomic E-state index is 0.152. The van der Waals surface area contributed by atoms with Crippen molar-refractivity contribution in [3.05, 3.63) is 27.1 Å². The Hall–Kier alpha value is -1.73. The van der Waals surface area contributed by atoms with Gasteiger partial charge in [0, 0.05) is 12.0 Å². The predicted molar refractivity (Wildman–Crippen MR) is 83.5 cm³/mol. The van der Waals surface area contributed by atoms with Crippen molar-refractivity contribution < 1.29 is 14.3 Å². The third-order valence-corrected chi connectivity index (χ3v) is 5.14. The molecule has 0 amide bonds. The molecule has 1 aliphatic carbocycles. The van der Waals surface area contributed by atoms with Crippen LogP contribution in [-0.4, -0.2) is 35.8 Å². The molecular formula is C15H18N2O4S. The van der Waals surface area contributed by atoms with Gasteiger partial charge in [-0.1, -0.05) is 0 Å². The summed E-state index contributed by atoms with van der Waals surface area (Å²) in [6, 6.07) is -0.696. The summed E-state index contributed by atoms with van der Waals surface area (Å²) in [5.41, 5.74) is 0.965. The lowest BCUT2D eigenvalue weighted by Gasteiger charge is -2.14. The largest absolute Gasteiger partial charge is 0.462 e. The molecule has 0 aliphatic heterocycles. The number of carbonyl (C=O) groups is 1. The Labute approximate surface area is 131 Å². The molecule has 3 rings (SSSR count). The van der Waals surface area contributed by atoms with Crippen LogP contribution in [0.5, 0.6) is 0 Å². The molecule has 2 heterocycles. The highest BCUT2D eigenvalue weighted by Crippen LogP contribution is 2.34. The standard InChI is InChI=1S/C15H18N2O4S/c1-9(15(19)21-7-6-20-2)17-8-16-13-12(14(17)18)10-4-3-5-11(10)22-13/h8-9H,3-7H2,1-2H3/t9-/m0/s1. The van der Waals surface area contributed by atoms with Crippen LogP contribution in [0.25, 0.3) is 10.2 Å². The normalized spacial score (nSPS) is 15.0. The highest BCUT2D eigenvalue weighted by atomic mass is 32.1. The fourth-order valence-corrected chi connectivity index (χ4v) is 3.95. The van der Waals surface area contributed by atoms with Gasteiger partial charge in [0.05, 0.1) is 18.3 Å². The van der Waals surface area contributed by atoms with Gasteiger partial charge in [0.25, 0.3) is 5.56 Å². The van der Waals surface area contributed by atoms with Gasteiger partial charge in [0.1, 0.15) is 17.5 Å². The minimum atomic E-state index is -0.696. The summed E-state index contributed by atoms with van der Waals surface area (Å²) in [6.45, 7) is 2.16. The molecule has 1 atom stereocenters. The molecule has 7 heteroatoms. The number of hydrogen-bond donors (Lipinski definition) is 0. The first-order valence-electron chi connectivity index (χ1n) is 7.30. The Morgan fingerprint density at radius 2 is 2.27 bits per heavy atom. The van der Waals surface area contributed by atoms with Crippen molar-refractivity contribution in [3.63, 3.8) is 0 Å². The van der Waals surface area contributed by atoms with Crippen LogP contribution in [0, 0.1) is 0 Å². The Bertz CT molecular complexity index is 765. The first-order valence-corrected chi connectivity index (χ1v) is 8.12. The number of aromatic nitrogens is 2. The van der Waals surface area contributed by atoms with Crippen molar-refractivity contribution in [1.82, 2.24) is 9.55 Å². The predicted octanol–water partition coefficient (Wildman–Crippen LogP) is 1.70. The van der Waals surface area contributed by atoms with Crippen LogP contribution >= 0.6 is 11.3 Å². The summed E-state index contributed by atoms with van der Waals surface area (Å²) in [4.78, 5) is 31.1. The van der Waals surface area contributed by atoms with Crippen LogP contribution in [0.2, 0.25) is 0 Å². The summed E-state index contributed by atoms with van der Waals surface area (Å²) < 4.78 is 11.3. The molecule has 118 valence electrons. The number of esters is 1. The van der Waals surface area contributed by atoms with Gasteiger partial charge in [-0.2, -0.15) is 0 Å². The lowest BCUT2D eigenvalue weighted by atomic mass is 10.2. The maximum absolute atomic E-state index is 12.7. The van der Waals surface area contributed by atoms with E-state index in [0.717, 1.165) is 29.7 Å². The van der Waals surface area contributed by atoms with Crippen molar-refractivity contribution in [3.8, 4) is 0 Å². The molecule has 22 heavy (non-hydrogen) atoms. The molecule has 0 unspecified atom stereocenters. The molecule has 0 fully saturated rings. The highest BCUT2D eigenvalue weighted by Gasteiger charge is 2.24. The summed E-state index contributed by atoms with van der Waals surface area (Å²) in [6.07, 6.45) is 4.46. The number of thiophene rings is 1. The van der Waals surface area contributed by atoms with Crippen LogP contribution in [0.4, 0.5) is 0 Å². The van der Waals surface area contributed by atoms with E-state index in [1.807, 2.05) is 0 Å². The Morgan fingerprint density at radius 1 is 1.45 bits per heavy atom. The monoisotopic (exact) mass is 322 g/mol. The zero-order valence-corrected chi connectivity index (χ0v) is 13.4. The van der Waals surface area contributed by atoms with Crippen molar-refractivity contribution in [2.24, 2.45) is 0 Å². The molecule has 0 saturated carbocycles. The van der Waals surface area contributed by atoms with E-state index in [1.54, 1.807) is 18.3 Å². The average molecular weight is 322 g/mol. The van der Waals surface area contributed by atoms with Crippen molar-refractivity contribution in [1.29, 1.82) is 0 Å². The van der Waals surface area contributed by atoms with Gasteiger partial charge < -0.3 is 9.47 Å². The molecule has 0 N–H and O–H groups in total. The zero-order valence-electron chi connectivity index (χ0n) is 12.6. The second-order valence-corrected chi connectivity index (χ2v) is 6.41. The van der Waals surface area contributed by atoms with E-state index in [0.29, 0.717) is 12.0 Å². The number of methoxy groups -OCH3 is 1. The number of hydrogen-bond acceptors (Lipinski definition) is 6. The van der Waals surface area contributed by atoms with Gasteiger partial charge in [-0.15, -0.1) is 11.3 Å². The molecule has 0 saturated heterocycles. The quantitative estimate of drug-likeness (QED) is 0.619. The van der Waals surface area contributed by atoms with Gasteiger partial charge in [-0.3, -0.25) is 9.36 Å². The highest BCUT2D eigenvalue weighted by molar-refractivity contribution is 7.18. The number of aryl methyl sites for hydroxylation is 2. The molecule has 0 bridgehead atoms. The van der Waals surface area contributed by atoms with Crippen LogP contribution in [-0.2, 0) is 27.1 Å². The van der Waals surface area contributed by atoms with Crippen molar-refractivity contribution >= 4 is 27.5 Å². The topological polar surface area (TPSA) is 70.4 Å². The number of nitrogens with zero attached hydrogens (tertiary/aromatic N) is 2. The molecular weight excluding hydrogens is 304 g/mol. The first kappa shape index (κ1) is 15.2. The van der Waals surface area contributed by atoms with Crippen LogP contribution in [0.1, 0.15) is 29.8 Å². The SMILES string of the molecule is COCCOC(=O)[C@H](C)n1cnc2sc3c(c2c1=O)CCC3. The summed E-state index contributed by atoms with van der Waals surface area (Å²) in [5.74, 6) is -0.452. The fourth-order valence-electron chi connectivity index (χ4n) is 2.73. The van der Waals surface area contributed by atoms with E-state index in [1.165, 1.54) is 22.9 Å². The molecule has 2 aromatic heterocycles. The Morgan fingerprint density at radius 3 is 3.05 bits per heavy atom. The fraction of sp³-hybridized carbons (Fsp3) is 0.533. The average Bonchev–Trinajstić information content (AvgIpc) is 3.07. The van der Waals surface area contributed by atoms with E-state index in [9.17, 15) is 9.59 Å². The number of fused-ring (bicyclic) bond motifs is 3. The van der Waals surface area contributed by atoms with E-state index in [2.05, 4.69) is 4.98 Å². The molecule has 2 aromatic rings. The Balaban J connectivity index is 1.92. The van der Waals surface area contributed by atoms with Gasteiger partial charge in [0.15, 0.2) is 0 Å². The number of carbonyl (C=O) groups excluding carboxylic acids is 1. The van der Waals surface area contributed by atoms with Gasteiger partial charge in [-0.05, 0) is 31.7 Å². The second kappa shape index (κ2) is 6.18. The second-order valence-electron chi connectivity index (χ2n) is 5.33. The van der Waals surface area contributed by atoms with E-state index >= 15 is 0 Å². The van der Waals surface area contributed by atoms with Gasteiger partial charge in [-0.25, -0.2) is 9.78 Å². The summed E-state index contributed by atoms with van der Waals surface area (Å²) in [5, 5.41) is 0.677. The third-order valence-electron chi connectivity index (χ3n) is 3.94. The van der Waals surface area contributed by atoms with Crippen molar-refractivity contribution in [2.75, 3.05) is 20.3 Å². The van der Waals surface area contributed by atoms with E-state index < -0.39 is 12.0 Å². The Kier molecular flexibility index (Phi) is 4.26. The van der Waals surface area contributed by atoms with Crippen LogP contribution in [0.15, 0.2) is 11.1 Å². The van der Waals surface area contributed by atoms with Gasteiger partial charge in [0.2, 0.25) is 0 Å². The summed E-state index contributed by atoms with van der Waals surface area (Å²) in [7, 11) is 1.54.